The molecule has 1 aliphatic carbocycles. The molecule has 1 amide bonds. The molecule has 1 N–H and O–H groups in total. The Hall–Kier alpha value is -2.55. The molecular weight excluding hydrogens is 454 g/mol. The Balaban J connectivity index is 1.28. The van der Waals surface area contributed by atoms with E-state index in [0.29, 0.717) is 5.02 Å². The van der Waals surface area contributed by atoms with Crippen molar-refractivity contribution in [2.75, 3.05) is 62.6 Å². The molecule has 2 aliphatic heterocycles. The minimum Gasteiger partial charge on any atom is -0.378 e. The molecule has 3 heterocycles. The van der Waals surface area contributed by atoms with Gasteiger partial charge in [-0.25, -0.2) is 4.98 Å². The number of aromatic nitrogens is 1. The molecule has 1 saturated heterocycles. The summed E-state index contributed by atoms with van der Waals surface area (Å²) < 4.78 is 11.8. The number of benzene rings is 1. The largest absolute Gasteiger partial charge is 0.378 e. The molecule has 3 unspecified atom stereocenters. The standard InChI is InChI=1S/C25H32ClN5O3/c1-29(2)24(32)17-6-9-19(14-17)34-25-27-21-15-20(26)22(28-23(21)30(25)3)16-4-7-18(8-5-16)31-10-12-33-13-11-31/h4-5,7-8,15,17,19,25,27H,6,9-14H2,1-3H3. The van der Waals surface area contributed by atoms with Gasteiger partial charge in [-0.05, 0) is 37.5 Å². The molecule has 2 aromatic rings. The van der Waals surface area contributed by atoms with Crippen molar-refractivity contribution in [3.63, 3.8) is 0 Å². The number of fused-ring (bicyclic) bond motifs is 1. The number of pyridine rings is 1. The summed E-state index contributed by atoms with van der Waals surface area (Å²) in [5.41, 5.74) is 3.76. The second-order valence-electron chi connectivity index (χ2n) is 9.44. The number of rotatable bonds is 5. The third-order valence-electron chi connectivity index (χ3n) is 6.93. The number of nitrogens with zero attached hydrogens (tertiary/aromatic N) is 4. The van der Waals surface area contributed by atoms with Crippen LogP contribution in [-0.4, -0.2) is 75.7 Å². The quantitative estimate of drug-likeness (QED) is 0.693. The molecule has 3 aliphatic rings. The molecule has 2 fully saturated rings. The Bertz CT molecular complexity index is 1040. The minimum absolute atomic E-state index is 0.0332. The van der Waals surface area contributed by atoms with Crippen molar-refractivity contribution in [3.8, 4) is 11.3 Å². The number of hydrogen-bond donors (Lipinski definition) is 1. The van der Waals surface area contributed by atoms with Crippen molar-refractivity contribution in [2.45, 2.75) is 31.7 Å². The number of hydrogen-bond acceptors (Lipinski definition) is 7. The predicted molar refractivity (Wildman–Crippen MR) is 134 cm³/mol. The number of ether oxygens (including phenoxy) is 2. The predicted octanol–water partition coefficient (Wildman–Crippen LogP) is 3.66. The fourth-order valence-electron chi connectivity index (χ4n) is 5.01. The van der Waals surface area contributed by atoms with Gasteiger partial charge in [-0.1, -0.05) is 23.7 Å². The van der Waals surface area contributed by atoms with E-state index in [-0.39, 0.29) is 24.3 Å². The van der Waals surface area contributed by atoms with Gasteiger partial charge in [0.1, 0.15) is 0 Å². The normalized spacial score (nSPS) is 24.2. The Kier molecular flexibility index (Phi) is 6.55. The fourth-order valence-corrected chi connectivity index (χ4v) is 5.27. The van der Waals surface area contributed by atoms with E-state index in [1.165, 1.54) is 5.69 Å². The number of carbonyl (C=O) groups excluding carboxylic acids is 1. The van der Waals surface area contributed by atoms with E-state index in [0.717, 1.165) is 68.3 Å². The van der Waals surface area contributed by atoms with Crippen LogP contribution in [-0.2, 0) is 14.3 Å². The van der Waals surface area contributed by atoms with Crippen LogP contribution in [0.25, 0.3) is 11.3 Å². The lowest BCUT2D eigenvalue weighted by Crippen LogP contribution is -2.38. The maximum atomic E-state index is 12.3. The third-order valence-corrected chi connectivity index (χ3v) is 7.22. The highest BCUT2D eigenvalue weighted by atomic mass is 35.5. The summed E-state index contributed by atoms with van der Waals surface area (Å²) in [6, 6.07) is 10.3. The molecule has 1 saturated carbocycles. The maximum Gasteiger partial charge on any atom is 0.225 e. The van der Waals surface area contributed by atoms with Crippen LogP contribution in [0, 0.1) is 5.92 Å². The minimum atomic E-state index is -0.337. The van der Waals surface area contributed by atoms with Gasteiger partial charge in [0.2, 0.25) is 12.3 Å². The van der Waals surface area contributed by atoms with Crippen molar-refractivity contribution in [1.82, 2.24) is 9.88 Å². The summed E-state index contributed by atoms with van der Waals surface area (Å²) >= 11 is 6.65. The zero-order valence-electron chi connectivity index (χ0n) is 20.0. The van der Waals surface area contributed by atoms with E-state index in [9.17, 15) is 4.79 Å². The first-order valence-corrected chi connectivity index (χ1v) is 12.3. The number of nitrogens with one attached hydrogen (secondary N) is 1. The summed E-state index contributed by atoms with van der Waals surface area (Å²) in [5.74, 6) is 1.02. The zero-order valence-corrected chi connectivity index (χ0v) is 20.7. The van der Waals surface area contributed by atoms with Crippen molar-refractivity contribution >= 4 is 34.7 Å². The summed E-state index contributed by atoms with van der Waals surface area (Å²) in [6.45, 7) is 3.33. The molecule has 9 heteroatoms. The van der Waals surface area contributed by atoms with E-state index in [4.69, 9.17) is 26.1 Å². The van der Waals surface area contributed by atoms with E-state index in [1.54, 1.807) is 4.90 Å². The molecule has 3 atom stereocenters. The third kappa shape index (κ3) is 4.54. The average Bonchev–Trinajstić information content (AvgIpc) is 3.43. The number of halogens is 1. The molecule has 0 spiro atoms. The molecule has 5 rings (SSSR count). The molecule has 0 radical (unpaired) electrons. The van der Waals surface area contributed by atoms with E-state index in [1.807, 2.05) is 32.1 Å². The van der Waals surface area contributed by atoms with Crippen molar-refractivity contribution < 1.29 is 14.3 Å². The number of amides is 1. The number of morpholine rings is 1. The van der Waals surface area contributed by atoms with E-state index < -0.39 is 0 Å². The Morgan fingerprint density at radius 3 is 2.65 bits per heavy atom. The summed E-state index contributed by atoms with van der Waals surface area (Å²) in [4.78, 5) is 23.2. The van der Waals surface area contributed by atoms with Crippen LogP contribution in [0.15, 0.2) is 30.3 Å². The zero-order chi connectivity index (χ0) is 23.8. The molecule has 1 aromatic carbocycles. The lowest BCUT2D eigenvalue weighted by atomic mass is 10.1. The Labute approximate surface area is 205 Å². The van der Waals surface area contributed by atoms with Gasteiger partial charge in [-0.3, -0.25) is 4.79 Å². The summed E-state index contributed by atoms with van der Waals surface area (Å²) in [5, 5.41) is 3.99. The first-order chi connectivity index (χ1) is 16.4. The number of carbonyl (C=O) groups is 1. The van der Waals surface area contributed by atoms with Crippen molar-refractivity contribution in [3.05, 3.63) is 35.4 Å². The van der Waals surface area contributed by atoms with Gasteiger partial charge >= 0.3 is 0 Å². The van der Waals surface area contributed by atoms with Gasteiger partial charge in [-0.2, -0.15) is 0 Å². The van der Waals surface area contributed by atoms with Gasteiger partial charge in [0.25, 0.3) is 0 Å². The van der Waals surface area contributed by atoms with Gasteiger partial charge in [0.15, 0.2) is 5.82 Å². The van der Waals surface area contributed by atoms with Crippen molar-refractivity contribution in [1.29, 1.82) is 0 Å². The SMILES string of the molecule is CN(C)C(=O)C1CCC(OC2Nc3cc(Cl)c(-c4ccc(N5CCOCC5)cc4)nc3N2C)C1. The van der Waals surface area contributed by atoms with Crippen LogP contribution >= 0.6 is 11.6 Å². The Morgan fingerprint density at radius 2 is 1.94 bits per heavy atom. The lowest BCUT2D eigenvalue weighted by Gasteiger charge is -2.29. The second kappa shape index (κ2) is 9.60. The highest BCUT2D eigenvalue weighted by Crippen LogP contribution is 2.40. The monoisotopic (exact) mass is 485 g/mol. The van der Waals surface area contributed by atoms with Crippen LogP contribution in [0.4, 0.5) is 17.2 Å². The van der Waals surface area contributed by atoms with Crippen LogP contribution < -0.4 is 15.1 Å². The van der Waals surface area contributed by atoms with Gasteiger partial charge in [0, 0.05) is 51.4 Å². The number of anilines is 3. The highest BCUT2D eigenvalue weighted by Gasteiger charge is 2.36. The first-order valence-electron chi connectivity index (χ1n) is 11.9. The maximum absolute atomic E-state index is 12.3. The molecule has 34 heavy (non-hydrogen) atoms. The topological polar surface area (TPSA) is 70.2 Å². The smallest absolute Gasteiger partial charge is 0.225 e. The van der Waals surface area contributed by atoms with Crippen LogP contribution in [0.5, 0.6) is 0 Å². The summed E-state index contributed by atoms with van der Waals surface area (Å²) in [7, 11) is 5.58. The van der Waals surface area contributed by atoms with E-state index in [2.05, 4.69) is 34.5 Å². The Morgan fingerprint density at radius 1 is 1.21 bits per heavy atom. The second-order valence-corrected chi connectivity index (χ2v) is 9.85. The molecular formula is C25H32ClN5O3. The van der Waals surface area contributed by atoms with Crippen LogP contribution in [0.1, 0.15) is 19.3 Å². The van der Waals surface area contributed by atoms with Crippen molar-refractivity contribution in [2.24, 2.45) is 5.92 Å². The molecule has 0 bridgehead atoms. The van der Waals surface area contributed by atoms with Gasteiger partial charge < -0.3 is 29.5 Å². The molecule has 182 valence electrons. The fraction of sp³-hybridized carbons (Fsp3) is 0.520. The molecule has 8 nitrogen and oxygen atoms in total. The molecule has 1 aromatic heterocycles. The highest BCUT2D eigenvalue weighted by molar-refractivity contribution is 6.33. The lowest BCUT2D eigenvalue weighted by molar-refractivity contribution is -0.133. The average molecular weight is 486 g/mol. The first kappa shape index (κ1) is 23.2. The van der Waals surface area contributed by atoms with Gasteiger partial charge in [-0.15, -0.1) is 0 Å². The van der Waals surface area contributed by atoms with Crippen LogP contribution in [0.3, 0.4) is 0 Å². The van der Waals surface area contributed by atoms with E-state index >= 15 is 0 Å². The summed E-state index contributed by atoms with van der Waals surface area (Å²) in [6.07, 6.45) is 2.18. The van der Waals surface area contributed by atoms with Crippen LogP contribution in [0.2, 0.25) is 5.02 Å². The van der Waals surface area contributed by atoms with Gasteiger partial charge in [0.05, 0.1) is 35.7 Å².